The number of amides is 1. The van der Waals surface area contributed by atoms with E-state index >= 15 is 0 Å². The highest BCUT2D eigenvalue weighted by Gasteiger charge is 2.31. The number of anilines is 3. The molecule has 2 N–H and O–H groups in total. The quantitative estimate of drug-likeness (QED) is 0.846. The molecular formula is C16H13FN2O2. The Labute approximate surface area is 120 Å². The molecule has 5 heteroatoms. The second-order valence-electron chi connectivity index (χ2n) is 5.31. The van der Waals surface area contributed by atoms with Crippen LogP contribution in [0.3, 0.4) is 0 Å². The number of para-hydroxylation sites is 1. The van der Waals surface area contributed by atoms with E-state index in [9.17, 15) is 14.3 Å². The van der Waals surface area contributed by atoms with Crippen molar-refractivity contribution in [3.05, 3.63) is 53.3 Å². The van der Waals surface area contributed by atoms with Crippen LogP contribution < -0.4 is 10.2 Å². The summed E-state index contributed by atoms with van der Waals surface area (Å²) in [6.07, 6.45) is -0.420. The van der Waals surface area contributed by atoms with Crippen LogP contribution in [0.1, 0.15) is 17.2 Å². The van der Waals surface area contributed by atoms with Crippen LogP contribution in [0.5, 0.6) is 0 Å². The summed E-state index contributed by atoms with van der Waals surface area (Å²) in [6.45, 7) is 0.700. The van der Waals surface area contributed by atoms with Gasteiger partial charge in [-0.05, 0) is 30.2 Å². The van der Waals surface area contributed by atoms with Gasteiger partial charge in [-0.25, -0.2) is 4.39 Å². The Hall–Kier alpha value is -2.40. The molecule has 2 heterocycles. The van der Waals surface area contributed by atoms with E-state index in [0.717, 1.165) is 12.1 Å². The third-order valence-corrected chi connectivity index (χ3v) is 4.10. The van der Waals surface area contributed by atoms with Crippen molar-refractivity contribution in [2.45, 2.75) is 12.5 Å². The number of carbonyl (C=O) groups is 1. The highest BCUT2D eigenvalue weighted by Crippen LogP contribution is 2.40. The lowest BCUT2D eigenvalue weighted by atomic mass is 10.1. The molecule has 106 valence electrons. The van der Waals surface area contributed by atoms with Crippen molar-refractivity contribution in [1.29, 1.82) is 0 Å². The van der Waals surface area contributed by atoms with Crippen LogP contribution in [-0.2, 0) is 11.2 Å². The second-order valence-corrected chi connectivity index (χ2v) is 5.31. The summed E-state index contributed by atoms with van der Waals surface area (Å²) in [5, 5.41) is 12.3. The second kappa shape index (κ2) is 4.30. The molecule has 0 saturated heterocycles. The number of benzene rings is 2. The number of aliphatic hydroxyl groups excluding tert-OH is 1. The maximum atomic E-state index is 14.4. The molecule has 0 saturated carbocycles. The van der Waals surface area contributed by atoms with Crippen molar-refractivity contribution >= 4 is 23.0 Å². The lowest BCUT2D eigenvalue weighted by Gasteiger charge is -2.21. The van der Waals surface area contributed by atoms with Gasteiger partial charge in [0.1, 0.15) is 5.82 Å². The van der Waals surface area contributed by atoms with E-state index < -0.39 is 17.8 Å². The monoisotopic (exact) mass is 284 g/mol. The summed E-state index contributed by atoms with van der Waals surface area (Å²) in [6, 6.07) is 10.7. The van der Waals surface area contributed by atoms with Crippen molar-refractivity contribution in [2.24, 2.45) is 0 Å². The van der Waals surface area contributed by atoms with Crippen LogP contribution in [0.4, 0.5) is 21.5 Å². The Balaban J connectivity index is 1.82. The van der Waals surface area contributed by atoms with Gasteiger partial charge in [-0.2, -0.15) is 0 Å². The summed E-state index contributed by atoms with van der Waals surface area (Å²) in [5.74, 6) is -0.940. The number of rotatable bonds is 1. The first-order valence-electron chi connectivity index (χ1n) is 6.83. The molecule has 0 spiro atoms. The number of nitrogens with zero attached hydrogens (tertiary/aromatic N) is 1. The Kier molecular flexibility index (Phi) is 2.53. The van der Waals surface area contributed by atoms with Crippen LogP contribution >= 0.6 is 0 Å². The SMILES string of the molecule is O=C1Nc2cc(N3CCc4ccccc43)c(F)cc2C1O. The number of fused-ring (bicyclic) bond motifs is 2. The van der Waals surface area contributed by atoms with E-state index in [1.807, 2.05) is 29.2 Å². The predicted octanol–water partition coefficient (Wildman–Crippen LogP) is 2.51. The molecule has 0 aliphatic carbocycles. The number of nitrogens with one attached hydrogen (secondary N) is 1. The van der Waals surface area contributed by atoms with Gasteiger partial charge in [-0.1, -0.05) is 18.2 Å². The number of halogens is 1. The fraction of sp³-hybridized carbons (Fsp3) is 0.188. The average Bonchev–Trinajstić information content (AvgIpc) is 3.02. The minimum Gasteiger partial charge on any atom is -0.378 e. The highest BCUT2D eigenvalue weighted by molar-refractivity contribution is 6.02. The number of hydrogen-bond donors (Lipinski definition) is 2. The van der Waals surface area contributed by atoms with E-state index in [0.29, 0.717) is 23.5 Å². The molecule has 1 unspecified atom stereocenters. The topological polar surface area (TPSA) is 52.6 Å². The van der Waals surface area contributed by atoms with Crippen LogP contribution in [0.2, 0.25) is 0 Å². The van der Waals surface area contributed by atoms with Gasteiger partial charge >= 0.3 is 0 Å². The maximum Gasteiger partial charge on any atom is 0.257 e. The number of aliphatic hydroxyl groups is 1. The van der Waals surface area contributed by atoms with E-state index in [-0.39, 0.29) is 0 Å². The van der Waals surface area contributed by atoms with Gasteiger partial charge in [0.2, 0.25) is 0 Å². The van der Waals surface area contributed by atoms with Crippen molar-refractivity contribution in [3.8, 4) is 0 Å². The smallest absolute Gasteiger partial charge is 0.257 e. The molecule has 4 rings (SSSR count). The zero-order chi connectivity index (χ0) is 14.6. The molecule has 0 fully saturated rings. The van der Waals surface area contributed by atoms with Crippen molar-refractivity contribution in [3.63, 3.8) is 0 Å². The van der Waals surface area contributed by atoms with E-state index in [4.69, 9.17) is 0 Å². The molecule has 2 aliphatic heterocycles. The molecule has 2 aromatic carbocycles. The van der Waals surface area contributed by atoms with Gasteiger partial charge in [-0.15, -0.1) is 0 Å². The fourth-order valence-corrected chi connectivity index (χ4v) is 3.05. The third-order valence-electron chi connectivity index (χ3n) is 4.10. The Bertz CT molecular complexity index is 760. The normalized spacial score (nSPS) is 19.4. The summed E-state index contributed by atoms with van der Waals surface area (Å²) >= 11 is 0. The van der Waals surface area contributed by atoms with E-state index in [1.165, 1.54) is 11.6 Å². The maximum absolute atomic E-state index is 14.4. The fourth-order valence-electron chi connectivity index (χ4n) is 3.05. The molecule has 1 amide bonds. The lowest BCUT2D eigenvalue weighted by Crippen LogP contribution is -2.15. The molecule has 0 aromatic heterocycles. The number of carbonyl (C=O) groups excluding carboxylic acids is 1. The molecule has 4 nitrogen and oxygen atoms in total. The van der Waals surface area contributed by atoms with Crippen LogP contribution in [-0.4, -0.2) is 17.6 Å². The first-order valence-corrected chi connectivity index (χ1v) is 6.83. The van der Waals surface area contributed by atoms with Gasteiger partial charge in [0.25, 0.3) is 5.91 Å². The van der Waals surface area contributed by atoms with Crippen LogP contribution in [0.15, 0.2) is 36.4 Å². The van der Waals surface area contributed by atoms with E-state index in [2.05, 4.69) is 5.32 Å². The van der Waals surface area contributed by atoms with Gasteiger partial charge < -0.3 is 15.3 Å². The van der Waals surface area contributed by atoms with Crippen LogP contribution in [0, 0.1) is 5.82 Å². The third kappa shape index (κ3) is 1.74. The zero-order valence-electron chi connectivity index (χ0n) is 11.1. The summed E-state index contributed by atoms with van der Waals surface area (Å²) in [5.41, 5.74) is 3.37. The molecule has 2 aliphatic rings. The first-order chi connectivity index (χ1) is 10.1. The van der Waals surface area contributed by atoms with Gasteiger partial charge in [0, 0.05) is 23.5 Å². The van der Waals surface area contributed by atoms with Crippen molar-refractivity contribution in [1.82, 2.24) is 0 Å². The van der Waals surface area contributed by atoms with Crippen LogP contribution in [0.25, 0.3) is 0 Å². The van der Waals surface area contributed by atoms with E-state index in [1.54, 1.807) is 6.07 Å². The van der Waals surface area contributed by atoms with Gasteiger partial charge in [0.15, 0.2) is 6.10 Å². The summed E-state index contributed by atoms with van der Waals surface area (Å²) in [7, 11) is 0. The number of hydrogen-bond acceptors (Lipinski definition) is 3. The van der Waals surface area contributed by atoms with Crippen molar-refractivity contribution in [2.75, 3.05) is 16.8 Å². The molecule has 0 bridgehead atoms. The standard InChI is InChI=1S/C16H13FN2O2/c17-11-7-10-12(18-16(21)15(10)20)8-14(11)19-6-5-9-3-1-2-4-13(9)19/h1-4,7-8,15,20H,5-6H2,(H,18,21). The van der Waals surface area contributed by atoms with Gasteiger partial charge in [0.05, 0.1) is 5.69 Å². The molecular weight excluding hydrogens is 271 g/mol. The Morgan fingerprint density at radius 3 is 2.90 bits per heavy atom. The Morgan fingerprint density at radius 2 is 2.05 bits per heavy atom. The van der Waals surface area contributed by atoms with Crippen molar-refractivity contribution < 1.29 is 14.3 Å². The Morgan fingerprint density at radius 1 is 1.24 bits per heavy atom. The summed E-state index contributed by atoms with van der Waals surface area (Å²) < 4.78 is 14.4. The predicted molar refractivity (Wildman–Crippen MR) is 77.1 cm³/mol. The average molecular weight is 284 g/mol. The lowest BCUT2D eigenvalue weighted by molar-refractivity contribution is -0.123. The molecule has 1 atom stereocenters. The molecule has 0 radical (unpaired) electrons. The largest absolute Gasteiger partial charge is 0.378 e. The van der Waals surface area contributed by atoms with Gasteiger partial charge in [-0.3, -0.25) is 4.79 Å². The zero-order valence-corrected chi connectivity index (χ0v) is 11.1. The highest BCUT2D eigenvalue weighted by atomic mass is 19.1. The molecule has 21 heavy (non-hydrogen) atoms. The minimum absolute atomic E-state index is 0.300. The summed E-state index contributed by atoms with van der Waals surface area (Å²) in [4.78, 5) is 13.4. The minimum atomic E-state index is -1.28. The molecule has 2 aromatic rings. The first kappa shape index (κ1) is 12.3.